The number of rotatable bonds is 1. The molecule has 0 saturated heterocycles. The number of hydrogen-bond donors (Lipinski definition) is 0. The van der Waals surface area contributed by atoms with Crippen molar-refractivity contribution in [3.05, 3.63) is 12.2 Å². The lowest BCUT2D eigenvalue weighted by Gasteiger charge is -2.07. The maximum Gasteiger partial charge on any atom is 0.406 e. The van der Waals surface area contributed by atoms with Gasteiger partial charge in [-0.3, -0.25) is 9.05 Å². The molecule has 3 nitrogen and oxygen atoms in total. The molecule has 0 atom stereocenters. The van der Waals surface area contributed by atoms with Crippen molar-refractivity contribution in [2.75, 3.05) is 13.2 Å². The van der Waals surface area contributed by atoms with E-state index >= 15 is 0 Å². The smallest absolute Gasteiger partial charge is 0.373 e. The summed E-state index contributed by atoms with van der Waals surface area (Å²) >= 11 is 0. The Hall–Kier alpha value is -0.550. The Bertz CT molecular complexity index is 182. The summed E-state index contributed by atoms with van der Waals surface area (Å²) in [6.45, 7) is 2.78. The summed E-state index contributed by atoms with van der Waals surface area (Å²) in [5, 5.41) is 0. The van der Waals surface area contributed by atoms with E-state index in [4.69, 9.17) is 13.6 Å². The average Bonchev–Trinajstić information content (AvgIpc) is 2.28. The van der Waals surface area contributed by atoms with Crippen LogP contribution in [0.3, 0.4) is 0 Å². The topological polar surface area (TPSA) is 27.7 Å². The fraction of sp³-hybridized carbons (Fsp3) is 0.429. The van der Waals surface area contributed by atoms with Gasteiger partial charge >= 0.3 is 8.60 Å². The van der Waals surface area contributed by atoms with Crippen molar-refractivity contribution in [1.82, 2.24) is 0 Å². The molecule has 1 aliphatic heterocycles. The van der Waals surface area contributed by atoms with Crippen molar-refractivity contribution in [2.24, 2.45) is 0 Å². The largest absolute Gasteiger partial charge is 0.406 e. The molecule has 1 aliphatic rings. The van der Waals surface area contributed by atoms with Gasteiger partial charge in [0.15, 0.2) is 0 Å². The molecule has 0 N–H and O–H groups in total. The monoisotopic (exact) mass is 172 g/mol. The van der Waals surface area contributed by atoms with Gasteiger partial charge in [-0.2, -0.15) is 0 Å². The highest BCUT2D eigenvalue weighted by atomic mass is 31.2. The zero-order valence-electron chi connectivity index (χ0n) is 6.24. The molecular weight excluding hydrogens is 163 g/mol. The lowest BCUT2D eigenvalue weighted by molar-refractivity contribution is 0.238. The standard InChI is InChI=1S/C7H9O3P/c1-2-5-8-11-9-6-3-4-7-10-11/h3-4H,6-7H2,1H3. The van der Waals surface area contributed by atoms with E-state index in [9.17, 15) is 0 Å². The van der Waals surface area contributed by atoms with Crippen LogP contribution in [-0.4, -0.2) is 13.2 Å². The molecule has 4 heteroatoms. The quantitative estimate of drug-likeness (QED) is 0.343. The van der Waals surface area contributed by atoms with E-state index in [0.717, 1.165) is 0 Å². The highest BCUT2D eigenvalue weighted by Gasteiger charge is 2.12. The summed E-state index contributed by atoms with van der Waals surface area (Å²) in [6.07, 6.45) is 6.23. The molecule has 1 rings (SSSR count). The predicted molar refractivity (Wildman–Crippen MR) is 42.5 cm³/mol. The lowest BCUT2D eigenvalue weighted by Crippen LogP contribution is -1.88. The first-order chi connectivity index (χ1) is 5.43. The van der Waals surface area contributed by atoms with Crippen LogP contribution in [0.2, 0.25) is 0 Å². The van der Waals surface area contributed by atoms with Gasteiger partial charge in [0, 0.05) is 6.92 Å². The van der Waals surface area contributed by atoms with E-state index in [2.05, 4.69) is 12.0 Å². The Balaban J connectivity index is 2.27. The fourth-order valence-electron chi connectivity index (χ4n) is 0.517. The van der Waals surface area contributed by atoms with Crippen LogP contribution in [0, 0.1) is 12.0 Å². The molecule has 0 amide bonds. The van der Waals surface area contributed by atoms with Crippen LogP contribution in [0.5, 0.6) is 0 Å². The Labute approximate surface area is 67.3 Å². The van der Waals surface area contributed by atoms with E-state index in [1.165, 1.54) is 0 Å². The second-order valence-corrected chi connectivity index (χ2v) is 2.88. The van der Waals surface area contributed by atoms with Crippen molar-refractivity contribution < 1.29 is 13.6 Å². The fourth-order valence-corrected chi connectivity index (χ4v) is 1.28. The van der Waals surface area contributed by atoms with Crippen molar-refractivity contribution in [3.63, 3.8) is 0 Å². The summed E-state index contributed by atoms with van der Waals surface area (Å²) in [5.41, 5.74) is 0. The highest BCUT2D eigenvalue weighted by molar-refractivity contribution is 7.41. The summed E-state index contributed by atoms with van der Waals surface area (Å²) in [4.78, 5) is 0. The number of hydrogen-bond acceptors (Lipinski definition) is 3. The molecule has 0 fully saturated rings. The molecule has 0 aromatic carbocycles. The van der Waals surface area contributed by atoms with Crippen molar-refractivity contribution in [3.8, 4) is 12.0 Å². The average molecular weight is 172 g/mol. The molecule has 0 aromatic heterocycles. The molecule has 0 radical (unpaired) electrons. The SMILES string of the molecule is CC#COP1OCC=CCO1. The zero-order chi connectivity index (χ0) is 7.94. The molecule has 0 aromatic rings. The third kappa shape index (κ3) is 3.38. The summed E-state index contributed by atoms with van der Waals surface area (Å²) < 4.78 is 15.2. The van der Waals surface area contributed by atoms with Crippen LogP contribution < -0.4 is 0 Å². The summed E-state index contributed by atoms with van der Waals surface area (Å²) in [7, 11) is -1.24. The first-order valence-electron chi connectivity index (χ1n) is 3.23. The molecule has 0 unspecified atom stereocenters. The second-order valence-electron chi connectivity index (χ2n) is 1.73. The van der Waals surface area contributed by atoms with Gasteiger partial charge in [-0.15, -0.1) is 0 Å². The maximum atomic E-state index is 5.14. The van der Waals surface area contributed by atoms with Gasteiger partial charge in [0.25, 0.3) is 0 Å². The minimum absolute atomic E-state index is 0.539. The van der Waals surface area contributed by atoms with E-state index < -0.39 is 8.60 Å². The van der Waals surface area contributed by atoms with E-state index in [0.29, 0.717) is 13.2 Å². The van der Waals surface area contributed by atoms with E-state index in [1.54, 1.807) is 6.92 Å². The molecule has 0 saturated carbocycles. The molecule has 60 valence electrons. The van der Waals surface area contributed by atoms with Crippen LogP contribution in [-0.2, 0) is 13.6 Å². The molecule has 0 spiro atoms. The van der Waals surface area contributed by atoms with Gasteiger partial charge in [-0.05, 0) is 0 Å². The van der Waals surface area contributed by atoms with Crippen LogP contribution in [0.15, 0.2) is 12.2 Å². The third-order valence-corrected chi connectivity index (χ3v) is 1.90. The summed E-state index contributed by atoms with van der Waals surface area (Å²) in [5.74, 6) is 2.60. The Morgan fingerprint density at radius 1 is 1.36 bits per heavy atom. The van der Waals surface area contributed by atoms with Gasteiger partial charge in [-0.1, -0.05) is 18.1 Å². The third-order valence-electron chi connectivity index (χ3n) is 0.941. The normalized spacial score (nSPS) is 18.3. The van der Waals surface area contributed by atoms with Crippen LogP contribution in [0.1, 0.15) is 6.92 Å². The van der Waals surface area contributed by atoms with Crippen molar-refractivity contribution >= 4 is 8.60 Å². The Morgan fingerprint density at radius 2 is 2.00 bits per heavy atom. The zero-order valence-corrected chi connectivity index (χ0v) is 7.14. The van der Waals surface area contributed by atoms with E-state index in [1.807, 2.05) is 12.2 Å². The molecule has 0 aliphatic carbocycles. The first kappa shape index (κ1) is 8.55. The predicted octanol–water partition coefficient (Wildman–Crippen LogP) is 1.81. The minimum Gasteiger partial charge on any atom is -0.373 e. The molecular formula is C7H9O3P. The van der Waals surface area contributed by atoms with Gasteiger partial charge < -0.3 is 4.52 Å². The second kappa shape index (κ2) is 5.15. The van der Waals surface area contributed by atoms with E-state index in [-0.39, 0.29) is 0 Å². The maximum absolute atomic E-state index is 5.14. The molecule has 11 heavy (non-hydrogen) atoms. The van der Waals surface area contributed by atoms with Crippen LogP contribution in [0.4, 0.5) is 0 Å². The first-order valence-corrected chi connectivity index (χ1v) is 4.32. The highest BCUT2D eigenvalue weighted by Crippen LogP contribution is 2.39. The van der Waals surface area contributed by atoms with Crippen LogP contribution >= 0.6 is 8.60 Å². The molecule has 1 heterocycles. The van der Waals surface area contributed by atoms with Gasteiger partial charge in [0.2, 0.25) is 0 Å². The van der Waals surface area contributed by atoms with Crippen molar-refractivity contribution in [2.45, 2.75) is 6.92 Å². The Morgan fingerprint density at radius 3 is 2.55 bits per heavy atom. The summed E-state index contributed by atoms with van der Waals surface area (Å²) in [6, 6.07) is 0. The van der Waals surface area contributed by atoms with Gasteiger partial charge in [0.1, 0.15) is 6.11 Å². The minimum atomic E-state index is -1.24. The Kier molecular flexibility index (Phi) is 4.00. The van der Waals surface area contributed by atoms with Gasteiger partial charge in [0.05, 0.1) is 13.2 Å². The lowest BCUT2D eigenvalue weighted by atomic mass is 10.5. The molecule has 0 bridgehead atoms. The van der Waals surface area contributed by atoms with Crippen LogP contribution in [0.25, 0.3) is 0 Å². The van der Waals surface area contributed by atoms with Crippen molar-refractivity contribution in [1.29, 1.82) is 0 Å². The van der Waals surface area contributed by atoms with Gasteiger partial charge in [-0.25, -0.2) is 0 Å².